The Labute approximate surface area is 157 Å². The van der Waals surface area contributed by atoms with Crippen LogP contribution in [0.3, 0.4) is 0 Å². The van der Waals surface area contributed by atoms with E-state index in [2.05, 4.69) is 4.98 Å². The van der Waals surface area contributed by atoms with Crippen molar-refractivity contribution in [2.45, 2.75) is 25.5 Å². The maximum Gasteiger partial charge on any atom is 0.221 e. The number of benzene rings is 2. The van der Waals surface area contributed by atoms with Gasteiger partial charge in [0.15, 0.2) is 0 Å². The summed E-state index contributed by atoms with van der Waals surface area (Å²) < 4.78 is 11.8. The first-order valence-corrected chi connectivity index (χ1v) is 9.20. The summed E-state index contributed by atoms with van der Waals surface area (Å²) in [5.74, 6) is 1.79. The molecule has 26 heavy (non-hydrogen) atoms. The summed E-state index contributed by atoms with van der Waals surface area (Å²) in [6.07, 6.45) is 3.78. The van der Waals surface area contributed by atoms with Crippen LogP contribution in [-0.2, 0) is 6.61 Å². The number of hydrogen-bond acceptors (Lipinski definition) is 4. The summed E-state index contributed by atoms with van der Waals surface area (Å²) >= 11 is 6.43. The number of halogens is 1. The molecule has 0 aliphatic heterocycles. The van der Waals surface area contributed by atoms with Crippen molar-refractivity contribution >= 4 is 22.4 Å². The second-order valence-corrected chi connectivity index (χ2v) is 7.21. The predicted octanol–water partition coefficient (Wildman–Crippen LogP) is 4.58. The van der Waals surface area contributed by atoms with Gasteiger partial charge in [-0.2, -0.15) is 0 Å². The monoisotopic (exact) mass is 368 g/mol. The molecule has 0 bridgehead atoms. The standard InChI is InChI=1S/C21H21ClN2O2/c22-19-11-18-16(10-20(19)25-13-15-8-17(23)9-15)6-7-24-21(18)26-12-14-4-2-1-3-5-14/h1-7,10-11,15,17H,8-9,12-13,23H2. The first kappa shape index (κ1) is 17.1. The molecule has 0 amide bonds. The van der Waals surface area contributed by atoms with E-state index in [1.54, 1.807) is 6.20 Å². The molecule has 1 heterocycles. The van der Waals surface area contributed by atoms with Gasteiger partial charge in [-0.1, -0.05) is 41.9 Å². The molecule has 1 saturated carbocycles. The quantitative estimate of drug-likeness (QED) is 0.691. The largest absolute Gasteiger partial charge is 0.492 e. The normalized spacial score (nSPS) is 19.2. The van der Waals surface area contributed by atoms with Gasteiger partial charge in [-0.15, -0.1) is 0 Å². The van der Waals surface area contributed by atoms with Crippen LogP contribution in [0.4, 0.5) is 0 Å². The zero-order chi connectivity index (χ0) is 17.9. The SMILES string of the molecule is NC1CC(COc2cc3ccnc(OCc4ccccc4)c3cc2Cl)C1. The number of nitrogens with zero attached hydrogens (tertiary/aromatic N) is 1. The lowest BCUT2D eigenvalue weighted by Gasteiger charge is -2.32. The van der Waals surface area contributed by atoms with Crippen molar-refractivity contribution in [3.63, 3.8) is 0 Å². The topological polar surface area (TPSA) is 57.4 Å². The summed E-state index contributed by atoms with van der Waals surface area (Å²) in [7, 11) is 0. The Morgan fingerprint density at radius 1 is 1.08 bits per heavy atom. The van der Waals surface area contributed by atoms with Crippen molar-refractivity contribution in [2.75, 3.05) is 6.61 Å². The van der Waals surface area contributed by atoms with Gasteiger partial charge in [-0.05, 0) is 47.9 Å². The summed E-state index contributed by atoms with van der Waals surface area (Å²) in [6, 6.07) is 16.1. The van der Waals surface area contributed by atoms with Gasteiger partial charge >= 0.3 is 0 Å². The smallest absolute Gasteiger partial charge is 0.221 e. The summed E-state index contributed by atoms with van der Waals surface area (Å²) in [6.45, 7) is 1.12. The Morgan fingerprint density at radius 2 is 1.88 bits per heavy atom. The van der Waals surface area contributed by atoms with Crippen molar-refractivity contribution in [2.24, 2.45) is 11.7 Å². The minimum absolute atomic E-state index is 0.325. The van der Waals surface area contributed by atoms with E-state index in [4.69, 9.17) is 26.8 Å². The highest BCUT2D eigenvalue weighted by Crippen LogP contribution is 2.35. The van der Waals surface area contributed by atoms with Crippen LogP contribution in [0.5, 0.6) is 11.6 Å². The second-order valence-electron chi connectivity index (χ2n) is 6.80. The summed E-state index contributed by atoms with van der Waals surface area (Å²) in [5, 5.41) is 2.44. The number of hydrogen-bond donors (Lipinski definition) is 1. The van der Waals surface area contributed by atoms with E-state index >= 15 is 0 Å². The highest BCUT2D eigenvalue weighted by Gasteiger charge is 2.26. The summed E-state index contributed by atoms with van der Waals surface area (Å²) in [5.41, 5.74) is 6.92. The zero-order valence-corrected chi connectivity index (χ0v) is 15.2. The third kappa shape index (κ3) is 3.76. The van der Waals surface area contributed by atoms with E-state index in [1.165, 1.54) is 0 Å². The minimum Gasteiger partial charge on any atom is -0.492 e. The van der Waals surface area contributed by atoms with Crippen LogP contribution in [0.15, 0.2) is 54.7 Å². The van der Waals surface area contributed by atoms with Crippen molar-refractivity contribution in [1.82, 2.24) is 4.98 Å². The molecule has 4 nitrogen and oxygen atoms in total. The molecule has 1 fully saturated rings. The molecule has 3 aromatic rings. The average molecular weight is 369 g/mol. The molecule has 2 N–H and O–H groups in total. The zero-order valence-electron chi connectivity index (χ0n) is 14.4. The molecular weight excluding hydrogens is 348 g/mol. The molecule has 4 rings (SSSR count). The minimum atomic E-state index is 0.325. The van der Waals surface area contributed by atoms with Crippen molar-refractivity contribution in [1.29, 1.82) is 0 Å². The Balaban J connectivity index is 1.51. The van der Waals surface area contributed by atoms with Gasteiger partial charge < -0.3 is 15.2 Å². The van der Waals surface area contributed by atoms with E-state index in [0.29, 0.717) is 41.8 Å². The maximum atomic E-state index is 6.43. The Hall–Kier alpha value is -2.30. The average Bonchev–Trinajstić information content (AvgIpc) is 2.63. The van der Waals surface area contributed by atoms with E-state index in [1.807, 2.05) is 48.5 Å². The van der Waals surface area contributed by atoms with E-state index in [-0.39, 0.29) is 0 Å². The van der Waals surface area contributed by atoms with Crippen LogP contribution in [0.25, 0.3) is 10.8 Å². The van der Waals surface area contributed by atoms with Crippen molar-refractivity contribution in [3.05, 3.63) is 65.3 Å². The number of nitrogens with two attached hydrogens (primary N) is 1. The summed E-state index contributed by atoms with van der Waals surface area (Å²) in [4.78, 5) is 4.36. The molecule has 0 unspecified atom stereocenters. The number of aromatic nitrogens is 1. The lowest BCUT2D eigenvalue weighted by Crippen LogP contribution is -2.39. The predicted molar refractivity (Wildman–Crippen MR) is 104 cm³/mol. The molecule has 0 spiro atoms. The third-order valence-corrected chi connectivity index (χ3v) is 5.04. The fourth-order valence-corrected chi connectivity index (χ4v) is 3.45. The fourth-order valence-electron chi connectivity index (χ4n) is 3.23. The highest BCUT2D eigenvalue weighted by molar-refractivity contribution is 6.33. The second kappa shape index (κ2) is 7.52. The molecule has 1 aromatic heterocycles. The van der Waals surface area contributed by atoms with Gasteiger partial charge in [0, 0.05) is 17.6 Å². The van der Waals surface area contributed by atoms with Gasteiger partial charge in [0.05, 0.1) is 11.6 Å². The van der Waals surface area contributed by atoms with Gasteiger partial charge in [-0.25, -0.2) is 4.98 Å². The van der Waals surface area contributed by atoms with Crippen LogP contribution in [0.1, 0.15) is 18.4 Å². The fraction of sp³-hybridized carbons (Fsp3) is 0.286. The lowest BCUT2D eigenvalue weighted by molar-refractivity contribution is 0.160. The van der Waals surface area contributed by atoms with Gasteiger partial charge in [0.2, 0.25) is 5.88 Å². The van der Waals surface area contributed by atoms with Gasteiger partial charge in [0.1, 0.15) is 12.4 Å². The number of ether oxygens (including phenoxy) is 2. The number of rotatable bonds is 6. The number of fused-ring (bicyclic) bond motifs is 1. The van der Waals surface area contributed by atoms with Crippen LogP contribution in [0.2, 0.25) is 5.02 Å². The van der Waals surface area contributed by atoms with Crippen LogP contribution < -0.4 is 15.2 Å². The van der Waals surface area contributed by atoms with Gasteiger partial charge in [0.25, 0.3) is 0 Å². The van der Waals surface area contributed by atoms with Crippen LogP contribution in [-0.4, -0.2) is 17.6 Å². The van der Waals surface area contributed by atoms with E-state index in [9.17, 15) is 0 Å². The maximum absolute atomic E-state index is 6.43. The molecule has 0 atom stereocenters. The van der Waals surface area contributed by atoms with Crippen molar-refractivity contribution < 1.29 is 9.47 Å². The molecular formula is C21H21ClN2O2. The first-order valence-electron chi connectivity index (χ1n) is 8.82. The molecule has 1 aliphatic rings. The number of pyridine rings is 1. The van der Waals surface area contributed by atoms with E-state index in [0.717, 1.165) is 29.2 Å². The molecule has 0 radical (unpaired) electrons. The van der Waals surface area contributed by atoms with Gasteiger partial charge in [-0.3, -0.25) is 0 Å². The van der Waals surface area contributed by atoms with Crippen molar-refractivity contribution in [3.8, 4) is 11.6 Å². The molecule has 0 saturated heterocycles. The molecule has 2 aromatic carbocycles. The first-order chi connectivity index (χ1) is 12.7. The highest BCUT2D eigenvalue weighted by atomic mass is 35.5. The van der Waals surface area contributed by atoms with Crippen LogP contribution in [0, 0.1) is 5.92 Å². The van der Waals surface area contributed by atoms with Crippen LogP contribution >= 0.6 is 11.6 Å². The third-order valence-electron chi connectivity index (χ3n) is 4.75. The molecule has 1 aliphatic carbocycles. The Morgan fingerprint density at radius 3 is 2.65 bits per heavy atom. The van der Waals surface area contributed by atoms with E-state index < -0.39 is 0 Å². The molecule has 5 heteroatoms. The lowest BCUT2D eigenvalue weighted by atomic mass is 9.82. The Bertz CT molecular complexity index is 895. The molecule has 134 valence electrons. The Kier molecular flexibility index (Phi) is 4.96.